The van der Waals surface area contributed by atoms with E-state index in [-0.39, 0.29) is 28.9 Å². The molecule has 0 rings (SSSR count). The van der Waals surface area contributed by atoms with Crippen LogP contribution in [0.2, 0.25) is 0 Å². The Morgan fingerprint density at radius 1 is 0.810 bits per heavy atom. The van der Waals surface area contributed by atoms with Crippen LogP contribution >= 0.6 is 0 Å². The molecule has 0 aromatic heterocycles. The number of rotatable bonds is 15. The average molecular weight is 403 g/mol. The first kappa shape index (κ1) is 21.0. The summed E-state index contributed by atoms with van der Waals surface area (Å²) in [5, 5.41) is 0. The molecule has 0 amide bonds. The van der Waals surface area contributed by atoms with Gasteiger partial charge < -0.3 is 0 Å². The third-order valence-electron chi connectivity index (χ3n) is 3.87. The fraction of sp³-hybridized carbons (Fsp3) is 0.833. The third kappa shape index (κ3) is 18.0. The molecule has 0 fully saturated rings. The quantitative estimate of drug-likeness (QED) is 0.222. The van der Waals surface area contributed by atoms with Crippen LogP contribution in [0.5, 0.6) is 0 Å². The molecule has 124 valence electrons. The fourth-order valence-corrected chi connectivity index (χ4v) is 3.02. The Balaban J connectivity index is 3.10. The number of hydrogen-bond donors (Lipinski definition) is 0. The summed E-state index contributed by atoms with van der Waals surface area (Å²) in [6, 6.07) is 0. The first-order valence-corrected chi connectivity index (χ1v) is 11.4. The molecule has 0 aliphatic rings. The molecule has 0 atom stereocenters. The van der Waals surface area contributed by atoms with Crippen molar-refractivity contribution < 1.29 is 7.87 Å². The molecule has 2 nitrogen and oxygen atoms in total. The second kappa shape index (κ2) is 18.1. The van der Waals surface area contributed by atoms with Gasteiger partial charge in [0.15, 0.2) is 0 Å². The van der Waals surface area contributed by atoms with E-state index in [1.54, 1.807) is 0 Å². The van der Waals surface area contributed by atoms with E-state index in [0.717, 1.165) is 6.42 Å². The van der Waals surface area contributed by atoms with Crippen molar-refractivity contribution in [3.63, 3.8) is 0 Å². The van der Waals surface area contributed by atoms with E-state index in [1.807, 2.05) is 0 Å². The molecule has 0 spiro atoms. The number of unbranched alkanes of at least 4 members (excludes halogenated alkanes) is 11. The van der Waals surface area contributed by atoms with Crippen molar-refractivity contribution in [2.75, 3.05) is 0 Å². The molecule has 0 N–H and O–H groups in total. The zero-order valence-corrected chi connectivity index (χ0v) is 20.1. The Bertz CT molecular complexity index is 252. The second-order valence-corrected chi connectivity index (χ2v) is 7.08. The van der Waals surface area contributed by atoms with Crippen molar-refractivity contribution in [1.29, 1.82) is 0 Å². The number of allylic oxidation sites excluding steroid dienone is 2. The van der Waals surface area contributed by atoms with Gasteiger partial charge in [0.25, 0.3) is 0 Å². The van der Waals surface area contributed by atoms with Gasteiger partial charge >= 0.3 is 100 Å². The summed E-state index contributed by atoms with van der Waals surface area (Å²) in [4.78, 5) is 11.0. The molecule has 0 unspecified atom stereocenters. The SMILES string of the molecule is CCCCCCCCC=CCCCCCCCC(=O)[O][SnH3]. The van der Waals surface area contributed by atoms with Crippen molar-refractivity contribution in [3.8, 4) is 0 Å². The Morgan fingerprint density at radius 2 is 1.29 bits per heavy atom. The van der Waals surface area contributed by atoms with E-state index in [2.05, 4.69) is 19.1 Å². The minimum absolute atomic E-state index is 0.0171. The summed E-state index contributed by atoms with van der Waals surface area (Å²) in [6.45, 7) is 2.27. The van der Waals surface area contributed by atoms with E-state index in [1.165, 1.54) is 77.0 Å². The van der Waals surface area contributed by atoms with Crippen LogP contribution in [0.4, 0.5) is 0 Å². The zero-order valence-electron chi connectivity index (χ0n) is 14.4. The summed E-state index contributed by atoms with van der Waals surface area (Å²) in [7, 11) is 0. The van der Waals surface area contributed by atoms with Gasteiger partial charge in [-0.2, -0.15) is 0 Å². The van der Waals surface area contributed by atoms with Crippen LogP contribution in [0, 0.1) is 0 Å². The van der Waals surface area contributed by atoms with E-state index in [9.17, 15) is 4.79 Å². The monoisotopic (exact) mass is 404 g/mol. The third-order valence-corrected chi connectivity index (χ3v) is 5.17. The van der Waals surface area contributed by atoms with E-state index < -0.39 is 0 Å². The molecule has 0 saturated heterocycles. The standard InChI is InChI=1S/C18H34O2.Sn.3H/c1-2-3-4-5-6-7-8-9-10-11-12-13-14-15-16-17-18(19)20;;;;/h9-10H,2-8,11-17H2,1H3,(H,19,20);;;;/q;+1;;;/p-1. The molecular weight excluding hydrogens is 367 g/mol. The fourth-order valence-electron chi connectivity index (χ4n) is 2.44. The molecule has 21 heavy (non-hydrogen) atoms. The van der Waals surface area contributed by atoms with Gasteiger partial charge in [-0.25, -0.2) is 0 Å². The van der Waals surface area contributed by atoms with E-state index >= 15 is 0 Å². The van der Waals surface area contributed by atoms with Gasteiger partial charge in [0.2, 0.25) is 0 Å². The summed E-state index contributed by atoms with van der Waals surface area (Å²) in [5.74, 6) is 0.0171. The maximum absolute atomic E-state index is 11.0. The van der Waals surface area contributed by atoms with Gasteiger partial charge in [-0.15, -0.1) is 0 Å². The topological polar surface area (TPSA) is 26.3 Å². The van der Waals surface area contributed by atoms with Crippen molar-refractivity contribution >= 4 is 28.9 Å². The zero-order chi connectivity index (χ0) is 15.6. The molecule has 0 aromatic rings. The average Bonchev–Trinajstić information content (AvgIpc) is 2.50. The molecular formula is C18H36O2Sn. The van der Waals surface area contributed by atoms with Crippen molar-refractivity contribution in [2.45, 2.75) is 96.8 Å². The van der Waals surface area contributed by atoms with Crippen LogP contribution < -0.4 is 0 Å². The van der Waals surface area contributed by atoms with Gasteiger partial charge in [-0.1, -0.05) is 39.0 Å². The second-order valence-electron chi connectivity index (χ2n) is 5.91. The maximum atomic E-state index is 11.0. The molecule has 0 aliphatic carbocycles. The van der Waals surface area contributed by atoms with E-state index in [0.29, 0.717) is 6.42 Å². The van der Waals surface area contributed by atoms with Gasteiger partial charge in [0.05, 0.1) is 0 Å². The van der Waals surface area contributed by atoms with Gasteiger partial charge in [-0.05, 0) is 6.42 Å². The Kier molecular flexibility index (Phi) is 18.1. The van der Waals surface area contributed by atoms with Crippen LogP contribution in [0.1, 0.15) is 96.8 Å². The molecule has 3 heteroatoms. The van der Waals surface area contributed by atoms with Crippen molar-refractivity contribution in [3.05, 3.63) is 12.2 Å². The van der Waals surface area contributed by atoms with Crippen LogP contribution in [-0.2, 0) is 7.87 Å². The van der Waals surface area contributed by atoms with Crippen LogP contribution in [-0.4, -0.2) is 28.9 Å². The van der Waals surface area contributed by atoms with Gasteiger partial charge in [0.1, 0.15) is 0 Å². The molecule has 0 bridgehead atoms. The minimum atomic E-state index is 0.0171. The summed E-state index contributed by atoms with van der Waals surface area (Å²) >= 11 is 0.0649. The predicted octanol–water partition coefficient (Wildman–Crippen LogP) is 4.85. The number of hydrogen-bond acceptors (Lipinski definition) is 2. The van der Waals surface area contributed by atoms with Gasteiger partial charge in [0, 0.05) is 0 Å². The molecule has 0 saturated carbocycles. The Hall–Kier alpha value is 0.00870. The van der Waals surface area contributed by atoms with Gasteiger partial charge in [-0.3, -0.25) is 0 Å². The Morgan fingerprint density at radius 3 is 1.81 bits per heavy atom. The predicted molar refractivity (Wildman–Crippen MR) is 95.5 cm³/mol. The molecule has 0 aromatic carbocycles. The first-order chi connectivity index (χ1) is 10.3. The van der Waals surface area contributed by atoms with Crippen LogP contribution in [0.3, 0.4) is 0 Å². The molecule has 0 aliphatic heterocycles. The number of carbonyl (C=O) groups excluding carboxylic acids is 1. The normalized spacial score (nSPS) is 11.3. The summed E-state index contributed by atoms with van der Waals surface area (Å²) < 4.78 is 4.83. The summed E-state index contributed by atoms with van der Waals surface area (Å²) in [5.41, 5.74) is 0. The molecule has 0 radical (unpaired) electrons. The Labute approximate surface area is 145 Å². The summed E-state index contributed by atoms with van der Waals surface area (Å²) in [6.07, 6.45) is 22.2. The van der Waals surface area contributed by atoms with E-state index in [4.69, 9.17) is 3.07 Å². The van der Waals surface area contributed by atoms with Crippen molar-refractivity contribution in [1.82, 2.24) is 0 Å². The number of carbonyl (C=O) groups is 1. The van der Waals surface area contributed by atoms with Crippen molar-refractivity contribution in [2.24, 2.45) is 0 Å². The van der Waals surface area contributed by atoms with Crippen LogP contribution in [0.15, 0.2) is 12.2 Å². The molecule has 0 heterocycles. The van der Waals surface area contributed by atoms with Crippen LogP contribution in [0.25, 0.3) is 0 Å². The first-order valence-electron chi connectivity index (χ1n) is 9.03.